The largest absolute Gasteiger partial charge is 0.493 e. The van der Waals surface area contributed by atoms with Gasteiger partial charge in [0.15, 0.2) is 11.5 Å². The van der Waals surface area contributed by atoms with Crippen molar-refractivity contribution in [1.82, 2.24) is 9.97 Å². The summed E-state index contributed by atoms with van der Waals surface area (Å²) < 4.78 is 23.0. The molecule has 0 amide bonds. The fourth-order valence-electron chi connectivity index (χ4n) is 4.88. The molecule has 3 heterocycles. The monoisotopic (exact) mass is 505 g/mol. The Balaban J connectivity index is 1.52. The molecular formula is C27H31N5O5. The number of anilines is 2. The average molecular weight is 506 g/mol. The van der Waals surface area contributed by atoms with Gasteiger partial charge in [0.25, 0.3) is 0 Å². The van der Waals surface area contributed by atoms with Gasteiger partial charge in [-0.15, -0.1) is 0 Å². The average Bonchev–Trinajstić information content (AvgIpc) is 3.24. The number of benzene rings is 2. The molecule has 0 spiro atoms. The first-order chi connectivity index (χ1) is 17.9. The maximum Gasteiger partial charge on any atom is 0.317 e. The zero-order chi connectivity index (χ0) is 26.2. The fourth-order valence-corrected chi connectivity index (χ4v) is 4.88. The standard InChI is InChI=1S/C27H31N5O5/c1-6-36-26(33)27(3)14-32(24-17-11-21(34-4)22(35-5)12-20(17)28-15-29-24)13-23(27)37-25-16(2)30-18-9-7-8-10-19(18)31-25/h7-12,15-16,23,30H,6,13-14H2,1-5H3. The van der Waals surface area contributed by atoms with Crippen molar-refractivity contribution in [2.24, 2.45) is 10.4 Å². The minimum Gasteiger partial charge on any atom is -0.493 e. The second-order valence-corrected chi connectivity index (χ2v) is 9.38. The summed E-state index contributed by atoms with van der Waals surface area (Å²) in [5, 5.41) is 4.21. The van der Waals surface area contributed by atoms with Gasteiger partial charge in [-0.05, 0) is 39.0 Å². The van der Waals surface area contributed by atoms with E-state index in [1.54, 1.807) is 21.1 Å². The number of nitrogens with zero attached hydrogens (tertiary/aromatic N) is 4. The van der Waals surface area contributed by atoms with Gasteiger partial charge in [-0.3, -0.25) is 4.79 Å². The Kier molecular flexibility index (Phi) is 6.49. The highest BCUT2D eigenvalue weighted by Gasteiger charge is 2.53. The number of carbonyl (C=O) groups excluding carboxylic acids is 1. The molecule has 5 rings (SSSR count). The van der Waals surface area contributed by atoms with E-state index in [1.165, 1.54) is 6.33 Å². The van der Waals surface area contributed by atoms with Crippen LogP contribution < -0.4 is 19.7 Å². The minimum atomic E-state index is -0.955. The number of hydrogen-bond acceptors (Lipinski definition) is 10. The lowest BCUT2D eigenvalue weighted by molar-refractivity contribution is -0.157. The van der Waals surface area contributed by atoms with Gasteiger partial charge in [-0.25, -0.2) is 15.0 Å². The van der Waals surface area contributed by atoms with Gasteiger partial charge in [0.1, 0.15) is 23.7 Å². The van der Waals surface area contributed by atoms with Crippen molar-refractivity contribution in [2.75, 3.05) is 44.1 Å². The number of ether oxygens (including phenoxy) is 4. The molecule has 10 nitrogen and oxygen atoms in total. The number of rotatable bonds is 6. The van der Waals surface area contributed by atoms with Crippen LogP contribution in [0.15, 0.2) is 47.7 Å². The van der Waals surface area contributed by atoms with E-state index in [2.05, 4.69) is 15.3 Å². The number of nitrogens with one attached hydrogen (secondary N) is 1. The summed E-state index contributed by atoms with van der Waals surface area (Å²) in [7, 11) is 3.17. The Hall–Kier alpha value is -4.08. The topological polar surface area (TPSA) is 107 Å². The third kappa shape index (κ3) is 4.36. The molecule has 0 radical (unpaired) electrons. The van der Waals surface area contributed by atoms with E-state index < -0.39 is 11.5 Å². The number of para-hydroxylation sites is 2. The lowest BCUT2D eigenvalue weighted by atomic mass is 9.87. The first-order valence-corrected chi connectivity index (χ1v) is 12.3. The van der Waals surface area contributed by atoms with Crippen molar-refractivity contribution in [2.45, 2.75) is 32.9 Å². The number of esters is 1. The van der Waals surface area contributed by atoms with Crippen molar-refractivity contribution in [3.8, 4) is 11.5 Å². The lowest BCUT2D eigenvalue weighted by Crippen LogP contribution is -2.45. The molecule has 0 aliphatic carbocycles. The first kappa shape index (κ1) is 24.6. The van der Waals surface area contributed by atoms with Crippen LogP contribution in [0.2, 0.25) is 0 Å². The molecule has 1 saturated heterocycles. The summed E-state index contributed by atoms with van der Waals surface area (Å²) in [4.78, 5) is 29.1. The summed E-state index contributed by atoms with van der Waals surface area (Å²) in [5.74, 6) is 2.03. The smallest absolute Gasteiger partial charge is 0.317 e. The molecule has 37 heavy (non-hydrogen) atoms. The van der Waals surface area contributed by atoms with Gasteiger partial charge in [0, 0.05) is 18.0 Å². The third-order valence-electron chi connectivity index (χ3n) is 6.92. The van der Waals surface area contributed by atoms with E-state index in [9.17, 15) is 4.79 Å². The Morgan fingerprint density at radius 3 is 2.68 bits per heavy atom. The number of hydrogen-bond donors (Lipinski definition) is 1. The van der Waals surface area contributed by atoms with Crippen LogP contribution in [-0.4, -0.2) is 67.9 Å². The molecule has 1 aromatic heterocycles. The van der Waals surface area contributed by atoms with E-state index in [1.807, 2.05) is 55.1 Å². The van der Waals surface area contributed by atoms with Crippen molar-refractivity contribution in [3.63, 3.8) is 0 Å². The molecule has 0 bridgehead atoms. The van der Waals surface area contributed by atoms with Crippen LogP contribution in [0.25, 0.3) is 10.9 Å². The Labute approximate surface area is 215 Å². The molecule has 3 unspecified atom stereocenters. The lowest BCUT2D eigenvalue weighted by Gasteiger charge is -2.31. The van der Waals surface area contributed by atoms with Crippen LogP contribution in [-0.2, 0) is 14.3 Å². The minimum absolute atomic E-state index is 0.160. The Bertz CT molecular complexity index is 1360. The molecule has 2 aliphatic rings. The van der Waals surface area contributed by atoms with E-state index in [0.29, 0.717) is 41.8 Å². The Morgan fingerprint density at radius 1 is 1.16 bits per heavy atom. The molecule has 2 aliphatic heterocycles. The van der Waals surface area contributed by atoms with Gasteiger partial charge in [-0.2, -0.15) is 0 Å². The maximum absolute atomic E-state index is 13.3. The van der Waals surface area contributed by atoms with Crippen LogP contribution in [0.5, 0.6) is 11.5 Å². The van der Waals surface area contributed by atoms with E-state index in [0.717, 1.165) is 16.8 Å². The fraction of sp³-hybridized carbons (Fsp3) is 0.407. The summed E-state index contributed by atoms with van der Waals surface area (Å²) in [6.45, 7) is 6.70. The van der Waals surface area contributed by atoms with Gasteiger partial charge >= 0.3 is 5.97 Å². The zero-order valence-corrected chi connectivity index (χ0v) is 21.6. The van der Waals surface area contributed by atoms with Crippen LogP contribution in [0.3, 0.4) is 0 Å². The molecule has 2 aromatic carbocycles. The van der Waals surface area contributed by atoms with Crippen molar-refractivity contribution in [1.29, 1.82) is 0 Å². The van der Waals surface area contributed by atoms with E-state index >= 15 is 0 Å². The van der Waals surface area contributed by atoms with Crippen LogP contribution in [0, 0.1) is 5.41 Å². The molecule has 10 heteroatoms. The van der Waals surface area contributed by atoms with Crippen LogP contribution in [0.4, 0.5) is 17.2 Å². The number of fused-ring (bicyclic) bond motifs is 2. The molecule has 3 aromatic rings. The zero-order valence-electron chi connectivity index (χ0n) is 21.6. The first-order valence-electron chi connectivity index (χ1n) is 12.3. The number of carbonyl (C=O) groups is 1. The van der Waals surface area contributed by atoms with Crippen LogP contribution >= 0.6 is 0 Å². The van der Waals surface area contributed by atoms with Gasteiger partial charge in [0.2, 0.25) is 5.90 Å². The maximum atomic E-state index is 13.3. The molecule has 194 valence electrons. The van der Waals surface area contributed by atoms with Gasteiger partial charge in [-0.1, -0.05) is 12.1 Å². The SMILES string of the molecule is CCOC(=O)C1(C)CN(c2ncnc3cc(OC)c(OC)cc23)CC1OC1=Nc2ccccc2NC1C. The Morgan fingerprint density at radius 2 is 1.92 bits per heavy atom. The number of aromatic nitrogens is 2. The molecule has 3 atom stereocenters. The van der Waals surface area contributed by atoms with E-state index in [-0.39, 0.29) is 18.6 Å². The molecule has 0 saturated carbocycles. The van der Waals surface area contributed by atoms with E-state index in [4.69, 9.17) is 23.9 Å². The van der Waals surface area contributed by atoms with Crippen molar-refractivity contribution < 1.29 is 23.7 Å². The quantitative estimate of drug-likeness (QED) is 0.498. The summed E-state index contributed by atoms with van der Waals surface area (Å²) in [5.41, 5.74) is 1.49. The van der Waals surface area contributed by atoms with Crippen molar-refractivity contribution >= 4 is 40.0 Å². The second kappa shape index (κ2) is 9.76. The second-order valence-electron chi connectivity index (χ2n) is 9.38. The third-order valence-corrected chi connectivity index (χ3v) is 6.92. The predicted octanol–water partition coefficient (Wildman–Crippen LogP) is 3.97. The molecule has 1 N–H and O–H groups in total. The number of aliphatic imine (C=N–C) groups is 1. The summed E-state index contributed by atoms with van der Waals surface area (Å²) in [6.07, 6.45) is 0.984. The van der Waals surface area contributed by atoms with Crippen LogP contribution in [0.1, 0.15) is 20.8 Å². The summed E-state index contributed by atoms with van der Waals surface area (Å²) in [6, 6.07) is 11.3. The highest BCUT2D eigenvalue weighted by molar-refractivity contribution is 5.94. The number of methoxy groups -OCH3 is 2. The predicted molar refractivity (Wildman–Crippen MR) is 141 cm³/mol. The van der Waals surface area contributed by atoms with Gasteiger partial charge in [0.05, 0.1) is 50.3 Å². The highest BCUT2D eigenvalue weighted by atomic mass is 16.5. The highest BCUT2D eigenvalue weighted by Crippen LogP contribution is 2.41. The summed E-state index contributed by atoms with van der Waals surface area (Å²) >= 11 is 0. The van der Waals surface area contributed by atoms with Crippen molar-refractivity contribution in [3.05, 3.63) is 42.7 Å². The molecule has 1 fully saturated rings. The normalized spacial score (nSPS) is 22.6. The van der Waals surface area contributed by atoms with Gasteiger partial charge < -0.3 is 29.2 Å². The molecular weight excluding hydrogens is 474 g/mol.